The molecule has 2 heterocycles. The Labute approximate surface area is 160 Å². The van der Waals surface area contributed by atoms with Crippen LogP contribution in [-0.4, -0.2) is 59.7 Å². The molecule has 146 valence electrons. The second kappa shape index (κ2) is 8.08. The molecule has 0 bridgehead atoms. The molecule has 1 spiro atoms. The highest BCUT2D eigenvalue weighted by atomic mass is 16.2. The number of hydrogen-bond acceptors (Lipinski definition) is 4. The number of benzene rings is 1. The SMILES string of the molecule is CC(=O)Nc1ccc(CNC(=O)CN2CCC3(CCC(=O)N3C)CC2)cc1. The zero-order chi connectivity index (χ0) is 19.4. The van der Waals surface area contributed by atoms with E-state index in [1.807, 2.05) is 36.2 Å². The van der Waals surface area contributed by atoms with Crippen LogP contribution < -0.4 is 10.6 Å². The predicted molar refractivity (Wildman–Crippen MR) is 103 cm³/mol. The van der Waals surface area contributed by atoms with Gasteiger partial charge >= 0.3 is 0 Å². The Morgan fingerprint density at radius 1 is 1.11 bits per heavy atom. The van der Waals surface area contributed by atoms with Crippen LogP contribution in [0.1, 0.15) is 38.2 Å². The highest BCUT2D eigenvalue weighted by Crippen LogP contribution is 2.37. The quantitative estimate of drug-likeness (QED) is 0.817. The van der Waals surface area contributed by atoms with E-state index in [-0.39, 0.29) is 23.3 Å². The topological polar surface area (TPSA) is 81.8 Å². The van der Waals surface area contributed by atoms with Crippen molar-refractivity contribution in [2.24, 2.45) is 0 Å². The van der Waals surface area contributed by atoms with E-state index in [4.69, 9.17) is 0 Å². The van der Waals surface area contributed by atoms with E-state index in [2.05, 4.69) is 15.5 Å². The average molecular weight is 372 g/mol. The summed E-state index contributed by atoms with van der Waals surface area (Å²) in [6.07, 6.45) is 3.47. The molecule has 0 saturated carbocycles. The molecule has 3 amide bonds. The third kappa shape index (κ3) is 4.66. The van der Waals surface area contributed by atoms with Crippen LogP contribution in [0.25, 0.3) is 0 Å². The molecule has 27 heavy (non-hydrogen) atoms. The zero-order valence-electron chi connectivity index (χ0n) is 16.1. The zero-order valence-corrected chi connectivity index (χ0v) is 16.1. The number of amides is 3. The third-order valence-electron chi connectivity index (χ3n) is 5.81. The number of likely N-dealkylation sites (tertiary alicyclic amines) is 2. The summed E-state index contributed by atoms with van der Waals surface area (Å²) < 4.78 is 0. The molecule has 0 unspecified atom stereocenters. The smallest absolute Gasteiger partial charge is 0.234 e. The summed E-state index contributed by atoms with van der Waals surface area (Å²) in [6, 6.07) is 7.44. The molecule has 7 heteroatoms. The van der Waals surface area contributed by atoms with Crippen LogP contribution in [0.4, 0.5) is 5.69 Å². The fourth-order valence-electron chi connectivity index (χ4n) is 4.02. The van der Waals surface area contributed by atoms with E-state index in [1.54, 1.807) is 0 Å². The molecule has 1 aromatic rings. The molecule has 3 rings (SSSR count). The average Bonchev–Trinajstić information content (AvgIpc) is 2.91. The van der Waals surface area contributed by atoms with Gasteiger partial charge in [-0.15, -0.1) is 0 Å². The summed E-state index contributed by atoms with van der Waals surface area (Å²) in [6.45, 7) is 4.01. The number of carbonyl (C=O) groups is 3. The Balaban J connectivity index is 1.41. The molecule has 2 aliphatic heterocycles. The minimum Gasteiger partial charge on any atom is -0.351 e. The minimum absolute atomic E-state index is 0.00717. The van der Waals surface area contributed by atoms with Crippen molar-refractivity contribution in [3.63, 3.8) is 0 Å². The van der Waals surface area contributed by atoms with Crippen molar-refractivity contribution < 1.29 is 14.4 Å². The first-order chi connectivity index (χ1) is 12.9. The van der Waals surface area contributed by atoms with Crippen molar-refractivity contribution >= 4 is 23.4 Å². The lowest BCUT2D eigenvalue weighted by Gasteiger charge is -2.43. The number of anilines is 1. The first kappa shape index (κ1) is 19.4. The Morgan fingerprint density at radius 3 is 2.33 bits per heavy atom. The number of piperidine rings is 1. The standard InChI is InChI=1S/C20H28N4O3/c1-15(25)22-17-5-3-16(4-6-17)13-21-18(26)14-24-11-9-20(10-12-24)8-7-19(27)23(20)2/h3-6H,7-14H2,1-2H3,(H,21,26)(H,22,25). The van der Waals surface area contributed by atoms with Gasteiger partial charge < -0.3 is 15.5 Å². The maximum absolute atomic E-state index is 12.3. The van der Waals surface area contributed by atoms with Crippen molar-refractivity contribution in [2.45, 2.75) is 44.7 Å². The van der Waals surface area contributed by atoms with Gasteiger partial charge in [0.15, 0.2) is 0 Å². The molecule has 7 nitrogen and oxygen atoms in total. The Kier molecular flexibility index (Phi) is 5.79. The predicted octanol–water partition coefficient (Wildman–Crippen LogP) is 1.35. The van der Waals surface area contributed by atoms with E-state index in [0.29, 0.717) is 19.5 Å². The van der Waals surface area contributed by atoms with E-state index in [1.165, 1.54) is 6.92 Å². The molecule has 0 aliphatic carbocycles. The monoisotopic (exact) mass is 372 g/mol. The van der Waals surface area contributed by atoms with Gasteiger partial charge in [0.2, 0.25) is 17.7 Å². The summed E-state index contributed by atoms with van der Waals surface area (Å²) in [4.78, 5) is 39.2. The normalized spacial score (nSPS) is 19.3. The van der Waals surface area contributed by atoms with E-state index >= 15 is 0 Å². The van der Waals surface area contributed by atoms with Gasteiger partial charge in [-0.1, -0.05) is 12.1 Å². The van der Waals surface area contributed by atoms with Crippen LogP contribution in [-0.2, 0) is 20.9 Å². The third-order valence-corrected chi connectivity index (χ3v) is 5.81. The van der Waals surface area contributed by atoms with Crippen molar-refractivity contribution in [3.8, 4) is 0 Å². The summed E-state index contributed by atoms with van der Waals surface area (Å²) in [7, 11) is 1.91. The highest BCUT2D eigenvalue weighted by Gasteiger charge is 2.44. The Hall–Kier alpha value is -2.41. The van der Waals surface area contributed by atoms with Crippen LogP contribution in [0.2, 0.25) is 0 Å². The molecule has 0 aromatic heterocycles. The largest absolute Gasteiger partial charge is 0.351 e. The first-order valence-corrected chi connectivity index (χ1v) is 9.50. The van der Waals surface area contributed by atoms with Crippen molar-refractivity contribution in [2.75, 3.05) is 32.0 Å². The number of nitrogens with zero attached hydrogens (tertiary/aromatic N) is 2. The molecular weight excluding hydrogens is 344 g/mol. The molecule has 2 fully saturated rings. The minimum atomic E-state index is -0.104. The summed E-state index contributed by atoms with van der Waals surface area (Å²) in [5.74, 6) is 0.144. The maximum atomic E-state index is 12.3. The van der Waals surface area contributed by atoms with Crippen LogP contribution in [0.5, 0.6) is 0 Å². The summed E-state index contributed by atoms with van der Waals surface area (Å²) >= 11 is 0. The fourth-order valence-corrected chi connectivity index (χ4v) is 4.02. The second-order valence-corrected chi connectivity index (χ2v) is 7.61. The van der Waals surface area contributed by atoms with E-state index < -0.39 is 0 Å². The first-order valence-electron chi connectivity index (χ1n) is 9.50. The van der Waals surface area contributed by atoms with Crippen LogP contribution in [0.15, 0.2) is 24.3 Å². The van der Waals surface area contributed by atoms with E-state index in [0.717, 1.165) is 43.6 Å². The Morgan fingerprint density at radius 2 is 1.78 bits per heavy atom. The van der Waals surface area contributed by atoms with Gasteiger partial charge in [-0.25, -0.2) is 0 Å². The lowest BCUT2D eigenvalue weighted by molar-refractivity contribution is -0.131. The number of rotatable bonds is 5. The van der Waals surface area contributed by atoms with Gasteiger partial charge in [-0.3, -0.25) is 19.3 Å². The number of hydrogen-bond donors (Lipinski definition) is 2. The van der Waals surface area contributed by atoms with Gasteiger partial charge in [-0.2, -0.15) is 0 Å². The maximum Gasteiger partial charge on any atom is 0.234 e. The van der Waals surface area contributed by atoms with Gasteiger partial charge in [-0.05, 0) is 37.0 Å². The number of nitrogens with one attached hydrogen (secondary N) is 2. The van der Waals surface area contributed by atoms with Gasteiger partial charge in [0, 0.05) is 51.3 Å². The van der Waals surface area contributed by atoms with Crippen LogP contribution in [0, 0.1) is 0 Å². The van der Waals surface area contributed by atoms with Gasteiger partial charge in [0.1, 0.15) is 0 Å². The van der Waals surface area contributed by atoms with Gasteiger partial charge in [0.05, 0.1) is 6.54 Å². The highest BCUT2D eigenvalue weighted by molar-refractivity contribution is 5.88. The molecule has 2 saturated heterocycles. The van der Waals surface area contributed by atoms with Crippen LogP contribution >= 0.6 is 0 Å². The van der Waals surface area contributed by atoms with Crippen molar-refractivity contribution in [1.82, 2.24) is 15.1 Å². The molecule has 2 aliphatic rings. The summed E-state index contributed by atoms with van der Waals surface area (Å²) in [5, 5.41) is 5.67. The Bertz CT molecular complexity index is 708. The van der Waals surface area contributed by atoms with Crippen molar-refractivity contribution in [1.29, 1.82) is 0 Å². The van der Waals surface area contributed by atoms with Gasteiger partial charge in [0.25, 0.3) is 0 Å². The lowest BCUT2D eigenvalue weighted by Crippen LogP contribution is -2.53. The molecule has 0 radical (unpaired) electrons. The molecule has 1 aromatic carbocycles. The molecule has 2 N–H and O–H groups in total. The molecule has 0 atom stereocenters. The fraction of sp³-hybridized carbons (Fsp3) is 0.550. The second-order valence-electron chi connectivity index (χ2n) is 7.61. The number of carbonyl (C=O) groups excluding carboxylic acids is 3. The van der Waals surface area contributed by atoms with Crippen LogP contribution in [0.3, 0.4) is 0 Å². The molecular formula is C20H28N4O3. The van der Waals surface area contributed by atoms with E-state index in [9.17, 15) is 14.4 Å². The van der Waals surface area contributed by atoms with Crippen molar-refractivity contribution in [3.05, 3.63) is 29.8 Å². The lowest BCUT2D eigenvalue weighted by atomic mass is 9.85. The summed E-state index contributed by atoms with van der Waals surface area (Å²) in [5.41, 5.74) is 1.75.